The highest BCUT2D eigenvalue weighted by molar-refractivity contribution is 5.77. The van der Waals surface area contributed by atoms with Gasteiger partial charge < -0.3 is 4.90 Å². The SMILES string of the molecule is O=C(Cn1ncccc1=O)N1C2CCC1CC(n1cncn1)C2. The molecule has 2 unspecified atom stereocenters. The van der Waals surface area contributed by atoms with Gasteiger partial charge in [-0.3, -0.25) is 9.59 Å². The van der Waals surface area contributed by atoms with Gasteiger partial charge >= 0.3 is 0 Å². The van der Waals surface area contributed by atoms with Crippen LogP contribution in [0.2, 0.25) is 0 Å². The van der Waals surface area contributed by atoms with Crippen LogP contribution in [0.5, 0.6) is 0 Å². The third kappa shape index (κ3) is 2.54. The van der Waals surface area contributed by atoms with Crippen LogP contribution in [0.3, 0.4) is 0 Å². The molecule has 0 spiro atoms. The minimum absolute atomic E-state index is 0.0145. The summed E-state index contributed by atoms with van der Waals surface area (Å²) < 4.78 is 3.13. The van der Waals surface area contributed by atoms with E-state index in [1.54, 1.807) is 18.7 Å². The van der Waals surface area contributed by atoms with E-state index in [0.717, 1.165) is 25.7 Å². The second kappa shape index (κ2) is 5.60. The summed E-state index contributed by atoms with van der Waals surface area (Å²) in [5, 5.41) is 8.21. The summed E-state index contributed by atoms with van der Waals surface area (Å²) >= 11 is 0. The topological polar surface area (TPSA) is 85.9 Å². The number of amides is 1. The molecule has 1 amide bonds. The quantitative estimate of drug-likeness (QED) is 0.809. The monoisotopic (exact) mass is 314 g/mol. The van der Waals surface area contributed by atoms with E-state index < -0.39 is 0 Å². The molecule has 2 aromatic rings. The molecule has 0 N–H and O–H groups in total. The van der Waals surface area contributed by atoms with Gasteiger partial charge in [0.1, 0.15) is 19.2 Å². The van der Waals surface area contributed by atoms with Gasteiger partial charge in [-0.05, 0) is 31.7 Å². The molecule has 0 aliphatic carbocycles. The van der Waals surface area contributed by atoms with Crippen molar-refractivity contribution in [2.75, 3.05) is 0 Å². The van der Waals surface area contributed by atoms with Crippen LogP contribution in [0.4, 0.5) is 0 Å². The van der Waals surface area contributed by atoms with Gasteiger partial charge in [-0.1, -0.05) is 0 Å². The van der Waals surface area contributed by atoms with Crippen molar-refractivity contribution in [3.8, 4) is 0 Å². The van der Waals surface area contributed by atoms with Gasteiger partial charge in [0.15, 0.2) is 0 Å². The normalized spacial score (nSPS) is 26.4. The van der Waals surface area contributed by atoms with Crippen molar-refractivity contribution in [3.63, 3.8) is 0 Å². The molecule has 4 rings (SSSR count). The van der Waals surface area contributed by atoms with Crippen LogP contribution >= 0.6 is 0 Å². The molecule has 4 heterocycles. The van der Waals surface area contributed by atoms with Crippen LogP contribution in [0.1, 0.15) is 31.7 Å². The molecule has 23 heavy (non-hydrogen) atoms. The van der Waals surface area contributed by atoms with Crippen LogP contribution in [0, 0.1) is 0 Å². The Bertz CT molecular complexity index is 741. The third-order valence-electron chi connectivity index (χ3n) is 4.88. The van der Waals surface area contributed by atoms with E-state index >= 15 is 0 Å². The van der Waals surface area contributed by atoms with E-state index in [-0.39, 0.29) is 30.1 Å². The Hall–Kier alpha value is -2.51. The Balaban J connectivity index is 1.49. The first-order chi connectivity index (χ1) is 11.2. The summed E-state index contributed by atoms with van der Waals surface area (Å²) in [5.74, 6) is -0.0182. The number of rotatable bonds is 3. The number of fused-ring (bicyclic) bond motifs is 2. The molecule has 0 saturated carbocycles. The number of nitrogens with zero attached hydrogens (tertiary/aromatic N) is 6. The molecule has 2 aliphatic rings. The molecular weight excluding hydrogens is 296 g/mol. The highest BCUT2D eigenvalue weighted by atomic mass is 16.2. The van der Waals surface area contributed by atoms with Gasteiger partial charge in [0.2, 0.25) is 5.91 Å². The number of aromatic nitrogens is 5. The van der Waals surface area contributed by atoms with Crippen LogP contribution in [0.25, 0.3) is 0 Å². The van der Waals surface area contributed by atoms with E-state index in [0.29, 0.717) is 6.04 Å². The van der Waals surface area contributed by atoms with Gasteiger partial charge in [-0.2, -0.15) is 10.2 Å². The van der Waals surface area contributed by atoms with E-state index in [2.05, 4.69) is 15.2 Å². The highest BCUT2D eigenvalue weighted by Gasteiger charge is 2.43. The third-order valence-corrected chi connectivity index (χ3v) is 4.88. The predicted octanol–water partition coefficient (Wildman–Crippen LogP) is 0.229. The van der Waals surface area contributed by atoms with Crippen LogP contribution in [0.15, 0.2) is 35.8 Å². The van der Waals surface area contributed by atoms with Crippen molar-refractivity contribution in [1.29, 1.82) is 0 Å². The first kappa shape index (κ1) is 14.1. The van der Waals surface area contributed by atoms with Crippen LogP contribution in [-0.2, 0) is 11.3 Å². The van der Waals surface area contributed by atoms with Gasteiger partial charge in [0, 0.05) is 24.3 Å². The van der Waals surface area contributed by atoms with Crippen molar-refractivity contribution in [2.24, 2.45) is 0 Å². The number of hydrogen-bond donors (Lipinski definition) is 0. The standard InChI is InChI=1S/C15H18N6O2/c22-14-2-1-5-17-19(14)8-15(23)21-11-3-4-12(21)7-13(6-11)20-10-16-9-18-20/h1-2,5,9-13H,3-4,6-8H2. The van der Waals surface area contributed by atoms with Gasteiger partial charge in [-0.25, -0.2) is 14.3 Å². The maximum absolute atomic E-state index is 12.7. The van der Waals surface area contributed by atoms with E-state index in [1.165, 1.54) is 16.9 Å². The Labute approximate surface area is 132 Å². The predicted molar refractivity (Wildman–Crippen MR) is 80.4 cm³/mol. The van der Waals surface area contributed by atoms with Crippen molar-refractivity contribution in [1.82, 2.24) is 29.4 Å². The second-order valence-electron chi connectivity index (χ2n) is 6.21. The number of carbonyl (C=O) groups excluding carboxylic acids is 1. The molecule has 2 aliphatic heterocycles. The minimum Gasteiger partial charge on any atom is -0.335 e. The summed E-state index contributed by atoms with van der Waals surface area (Å²) in [7, 11) is 0. The van der Waals surface area contributed by atoms with Gasteiger partial charge in [-0.15, -0.1) is 0 Å². The largest absolute Gasteiger partial charge is 0.335 e. The molecule has 8 heteroatoms. The number of carbonyl (C=O) groups is 1. The maximum Gasteiger partial charge on any atom is 0.267 e. The molecule has 0 aromatic carbocycles. The smallest absolute Gasteiger partial charge is 0.267 e. The summed E-state index contributed by atoms with van der Waals surface area (Å²) in [5.41, 5.74) is -0.245. The summed E-state index contributed by atoms with van der Waals surface area (Å²) in [6, 6.07) is 3.74. The lowest BCUT2D eigenvalue weighted by Crippen LogP contribution is -2.49. The summed E-state index contributed by atoms with van der Waals surface area (Å²) in [6.45, 7) is 0.0145. The second-order valence-corrected chi connectivity index (χ2v) is 6.21. The molecule has 2 aromatic heterocycles. The first-order valence-electron chi connectivity index (χ1n) is 7.90. The zero-order chi connectivity index (χ0) is 15.8. The van der Waals surface area contributed by atoms with E-state index in [9.17, 15) is 9.59 Å². The summed E-state index contributed by atoms with van der Waals surface area (Å²) in [6.07, 6.45) is 8.63. The van der Waals surface area contributed by atoms with Crippen molar-refractivity contribution in [3.05, 3.63) is 41.3 Å². The first-order valence-corrected chi connectivity index (χ1v) is 7.90. The Morgan fingerprint density at radius 1 is 1.17 bits per heavy atom. The zero-order valence-electron chi connectivity index (χ0n) is 12.7. The molecule has 2 fully saturated rings. The molecule has 120 valence electrons. The molecular formula is C15H18N6O2. The van der Waals surface area contributed by atoms with Crippen molar-refractivity contribution < 1.29 is 4.79 Å². The lowest BCUT2D eigenvalue weighted by Gasteiger charge is -2.38. The highest BCUT2D eigenvalue weighted by Crippen LogP contribution is 2.40. The minimum atomic E-state index is -0.245. The van der Waals surface area contributed by atoms with E-state index in [4.69, 9.17) is 0 Å². The fourth-order valence-electron chi connectivity index (χ4n) is 3.89. The average Bonchev–Trinajstić information content (AvgIpc) is 3.16. The van der Waals surface area contributed by atoms with E-state index in [1.807, 2.05) is 9.58 Å². The Morgan fingerprint density at radius 3 is 2.61 bits per heavy atom. The molecule has 0 radical (unpaired) electrons. The Kier molecular flexibility index (Phi) is 3.44. The van der Waals surface area contributed by atoms with Crippen LogP contribution < -0.4 is 5.56 Å². The van der Waals surface area contributed by atoms with Crippen molar-refractivity contribution >= 4 is 5.91 Å². The molecule has 2 saturated heterocycles. The zero-order valence-corrected chi connectivity index (χ0v) is 12.7. The van der Waals surface area contributed by atoms with Gasteiger partial charge in [0.05, 0.1) is 6.04 Å². The fourth-order valence-corrected chi connectivity index (χ4v) is 3.89. The lowest BCUT2D eigenvalue weighted by atomic mass is 9.97. The van der Waals surface area contributed by atoms with Gasteiger partial charge in [0.25, 0.3) is 5.56 Å². The van der Waals surface area contributed by atoms with Crippen molar-refractivity contribution in [2.45, 2.75) is 50.4 Å². The number of piperidine rings is 1. The average molecular weight is 314 g/mol. The maximum atomic E-state index is 12.7. The van der Waals surface area contributed by atoms with Crippen LogP contribution in [-0.4, -0.2) is 47.4 Å². The molecule has 8 nitrogen and oxygen atoms in total. The molecule has 2 atom stereocenters. The number of hydrogen-bond acceptors (Lipinski definition) is 5. The lowest BCUT2D eigenvalue weighted by molar-refractivity contribution is -0.137. The molecule has 2 bridgehead atoms. The fraction of sp³-hybridized carbons (Fsp3) is 0.533. The summed E-state index contributed by atoms with van der Waals surface area (Å²) in [4.78, 5) is 30.4. The Morgan fingerprint density at radius 2 is 1.96 bits per heavy atom.